The summed E-state index contributed by atoms with van der Waals surface area (Å²) in [5, 5.41) is 23.4. The molecule has 0 spiro atoms. The van der Waals surface area contributed by atoms with E-state index in [1.54, 1.807) is 0 Å². The average molecular weight is 268 g/mol. The zero-order chi connectivity index (χ0) is 13.7. The fourth-order valence-electron chi connectivity index (χ4n) is 4.24. The molecule has 0 radical (unpaired) electrons. The monoisotopic (exact) mass is 268 g/mol. The molecule has 4 N–H and O–H groups in total. The first-order valence-corrected chi connectivity index (χ1v) is 6.97. The lowest BCUT2D eigenvalue weighted by Gasteiger charge is -2.18. The Labute approximate surface area is 111 Å². The van der Waals surface area contributed by atoms with Gasteiger partial charge >= 0.3 is 12.0 Å². The minimum Gasteiger partial charge on any atom is -0.480 e. The van der Waals surface area contributed by atoms with Crippen molar-refractivity contribution in [2.24, 2.45) is 23.7 Å². The second kappa shape index (κ2) is 4.37. The molecule has 0 aliphatic heterocycles. The molecule has 2 amide bonds. The number of rotatable bonds is 4. The summed E-state index contributed by atoms with van der Waals surface area (Å²) in [6.45, 7) is 1.35. The SMILES string of the molecule is C[C@@H](O)[C@H](NC(=O)NC1C2C3CCC(C3)C12)C(=O)O. The molecule has 3 fully saturated rings. The number of carboxylic acids is 1. The highest BCUT2D eigenvalue weighted by Gasteiger charge is 2.65. The smallest absolute Gasteiger partial charge is 0.328 e. The second-order valence-electron chi connectivity index (χ2n) is 6.19. The number of fused-ring (bicyclic) bond motifs is 5. The Morgan fingerprint density at radius 3 is 2.26 bits per heavy atom. The third-order valence-corrected chi connectivity index (χ3v) is 5.07. The van der Waals surface area contributed by atoms with Crippen molar-refractivity contribution >= 4 is 12.0 Å². The van der Waals surface area contributed by atoms with E-state index in [0.717, 1.165) is 11.8 Å². The molecule has 0 aromatic rings. The van der Waals surface area contributed by atoms with Crippen LogP contribution in [0.15, 0.2) is 0 Å². The van der Waals surface area contributed by atoms with Crippen LogP contribution in [0, 0.1) is 23.7 Å². The first-order valence-electron chi connectivity index (χ1n) is 6.97. The molecule has 0 heterocycles. The quantitative estimate of drug-likeness (QED) is 0.584. The number of aliphatic hydroxyl groups excluding tert-OH is 1. The number of hydrogen-bond acceptors (Lipinski definition) is 3. The lowest BCUT2D eigenvalue weighted by atomic mass is 10.0. The van der Waals surface area contributed by atoms with Gasteiger partial charge in [-0.1, -0.05) is 0 Å². The molecule has 6 atom stereocenters. The maximum Gasteiger partial charge on any atom is 0.328 e. The third kappa shape index (κ3) is 2.08. The van der Waals surface area contributed by atoms with Gasteiger partial charge in [0.2, 0.25) is 0 Å². The van der Waals surface area contributed by atoms with Crippen molar-refractivity contribution in [2.75, 3.05) is 0 Å². The maximum atomic E-state index is 11.8. The van der Waals surface area contributed by atoms with Gasteiger partial charge in [-0.25, -0.2) is 9.59 Å². The Morgan fingerprint density at radius 2 is 1.79 bits per heavy atom. The van der Waals surface area contributed by atoms with Crippen LogP contribution in [0.3, 0.4) is 0 Å². The van der Waals surface area contributed by atoms with Crippen LogP contribution in [0.5, 0.6) is 0 Å². The van der Waals surface area contributed by atoms with Crippen molar-refractivity contribution in [2.45, 2.75) is 44.4 Å². The lowest BCUT2D eigenvalue weighted by Crippen LogP contribution is -2.52. The van der Waals surface area contributed by atoms with Gasteiger partial charge < -0.3 is 20.8 Å². The number of hydrogen-bond donors (Lipinski definition) is 4. The van der Waals surface area contributed by atoms with Crippen LogP contribution in [0.4, 0.5) is 4.79 Å². The standard InChI is InChI=1S/C13H20N2O4/c1-5(16)10(12(17)18)14-13(19)15-11-8-6-2-3-7(4-6)9(8)11/h5-11,16H,2-4H2,1H3,(H,17,18)(H2,14,15,19)/t5-,6?,7?,8?,9?,10+,11?/m1/s1. The number of aliphatic carboxylic acids is 1. The first-order chi connectivity index (χ1) is 8.99. The summed E-state index contributed by atoms with van der Waals surface area (Å²) in [5.41, 5.74) is 0. The molecule has 19 heavy (non-hydrogen) atoms. The molecule has 0 aromatic heterocycles. The Bertz CT molecular complexity index is 395. The van der Waals surface area contributed by atoms with Crippen LogP contribution in [-0.2, 0) is 4.79 Å². The van der Waals surface area contributed by atoms with E-state index in [9.17, 15) is 14.7 Å². The number of carboxylic acid groups (broad SMARTS) is 1. The summed E-state index contributed by atoms with van der Waals surface area (Å²) in [7, 11) is 0. The fraction of sp³-hybridized carbons (Fsp3) is 0.846. The molecule has 3 aliphatic carbocycles. The predicted molar refractivity (Wildman–Crippen MR) is 66.4 cm³/mol. The normalized spacial score (nSPS) is 41.3. The molecule has 3 saturated carbocycles. The molecule has 4 unspecified atom stereocenters. The predicted octanol–water partition coefficient (Wildman–Crippen LogP) is 0.164. The van der Waals surface area contributed by atoms with Crippen molar-refractivity contribution in [3.63, 3.8) is 0 Å². The highest BCUT2D eigenvalue weighted by Crippen LogP contribution is 2.65. The number of aliphatic hydroxyl groups is 1. The van der Waals surface area contributed by atoms with Gasteiger partial charge in [-0.15, -0.1) is 0 Å². The second-order valence-corrected chi connectivity index (χ2v) is 6.19. The van der Waals surface area contributed by atoms with Gasteiger partial charge in [-0.2, -0.15) is 0 Å². The molecule has 0 aromatic carbocycles. The fourth-order valence-corrected chi connectivity index (χ4v) is 4.24. The summed E-state index contributed by atoms with van der Waals surface area (Å²) in [6, 6.07) is -1.52. The van der Waals surface area contributed by atoms with Gasteiger partial charge in [0.05, 0.1) is 6.10 Å². The number of carbonyl (C=O) groups is 2. The Hall–Kier alpha value is -1.30. The van der Waals surface area contributed by atoms with Gasteiger partial charge in [-0.05, 0) is 49.9 Å². The summed E-state index contributed by atoms with van der Waals surface area (Å²) < 4.78 is 0. The van der Waals surface area contributed by atoms with Crippen molar-refractivity contribution in [3.05, 3.63) is 0 Å². The van der Waals surface area contributed by atoms with Crippen LogP contribution >= 0.6 is 0 Å². The molecule has 106 valence electrons. The molecule has 6 heteroatoms. The zero-order valence-electron chi connectivity index (χ0n) is 10.9. The molecule has 3 aliphatic rings. The lowest BCUT2D eigenvalue weighted by molar-refractivity contribution is -0.141. The van der Waals surface area contributed by atoms with Crippen molar-refractivity contribution in [3.8, 4) is 0 Å². The van der Waals surface area contributed by atoms with Gasteiger partial charge in [0.1, 0.15) is 0 Å². The number of nitrogens with one attached hydrogen (secondary N) is 2. The number of amides is 2. The Morgan fingerprint density at radius 1 is 1.21 bits per heavy atom. The van der Waals surface area contributed by atoms with Crippen LogP contribution < -0.4 is 10.6 Å². The van der Waals surface area contributed by atoms with E-state index in [1.165, 1.54) is 26.2 Å². The van der Waals surface area contributed by atoms with Crippen molar-refractivity contribution in [1.82, 2.24) is 10.6 Å². The van der Waals surface area contributed by atoms with E-state index in [2.05, 4.69) is 10.6 Å². The van der Waals surface area contributed by atoms with E-state index in [1.807, 2.05) is 0 Å². The Balaban J connectivity index is 1.52. The Kier molecular flexibility index (Phi) is 2.92. The molecular formula is C13H20N2O4. The molecule has 6 nitrogen and oxygen atoms in total. The minimum absolute atomic E-state index is 0.217. The summed E-state index contributed by atoms with van der Waals surface area (Å²) in [5.74, 6) is 1.51. The van der Waals surface area contributed by atoms with E-state index in [4.69, 9.17) is 5.11 Å². The average Bonchev–Trinajstić information content (AvgIpc) is 2.72. The van der Waals surface area contributed by atoms with E-state index < -0.39 is 24.1 Å². The minimum atomic E-state index is -1.25. The summed E-state index contributed by atoms with van der Waals surface area (Å²) >= 11 is 0. The van der Waals surface area contributed by atoms with Crippen LogP contribution in [-0.4, -0.2) is 40.4 Å². The summed E-state index contributed by atoms with van der Waals surface area (Å²) in [6.07, 6.45) is 2.74. The maximum absolute atomic E-state index is 11.8. The zero-order valence-corrected chi connectivity index (χ0v) is 10.9. The van der Waals surface area contributed by atoms with Gasteiger partial charge in [-0.3, -0.25) is 0 Å². The number of urea groups is 1. The van der Waals surface area contributed by atoms with E-state index in [-0.39, 0.29) is 6.04 Å². The van der Waals surface area contributed by atoms with Crippen LogP contribution in [0.1, 0.15) is 26.2 Å². The number of carbonyl (C=O) groups excluding carboxylic acids is 1. The van der Waals surface area contributed by atoms with Gasteiger partial charge in [0.15, 0.2) is 6.04 Å². The van der Waals surface area contributed by atoms with Gasteiger partial charge in [0.25, 0.3) is 0 Å². The molecule has 3 rings (SSSR count). The highest BCUT2D eigenvalue weighted by atomic mass is 16.4. The van der Waals surface area contributed by atoms with Crippen LogP contribution in [0.25, 0.3) is 0 Å². The van der Waals surface area contributed by atoms with Crippen molar-refractivity contribution < 1.29 is 19.8 Å². The molecular weight excluding hydrogens is 248 g/mol. The highest BCUT2D eigenvalue weighted by molar-refractivity contribution is 5.83. The topological polar surface area (TPSA) is 98.7 Å². The van der Waals surface area contributed by atoms with Gasteiger partial charge in [0, 0.05) is 6.04 Å². The first kappa shape index (κ1) is 12.7. The molecule has 0 saturated heterocycles. The molecule has 2 bridgehead atoms. The largest absolute Gasteiger partial charge is 0.480 e. The van der Waals surface area contributed by atoms with E-state index >= 15 is 0 Å². The van der Waals surface area contributed by atoms with Crippen LogP contribution in [0.2, 0.25) is 0 Å². The van der Waals surface area contributed by atoms with Crippen molar-refractivity contribution in [1.29, 1.82) is 0 Å². The summed E-state index contributed by atoms with van der Waals surface area (Å²) in [4.78, 5) is 22.7. The third-order valence-electron chi connectivity index (χ3n) is 5.07. The van der Waals surface area contributed by atoms with E-state index in [0.29, 0.717) is 11.8 Å².